The molecule has 1 aromatic heterocycles. The Hall–Kier alpha value is -1.76. The molecule has 6 nitrogen and oxygen atoms in total. The van der Waals surface area contributed by atoms with Crippen LogP contribution in [0.25, 0.3) is 11.4 Å². The fourth-order valence-corrected chi connectivity index (χ4v) is 1.96. The van der Waals surface area contributed by atoms with Gasteiger partial charge in [0, 0.05) is 18.7 Å². The zero-order chi connectivity index (χ0) is 14.4. The molecule has 2 rings (SSSR count). The summed E-state index contributed by atoms with van der Waals surface area (Å²) in [4.78, 5) is 6.20. The number of aryl methyl sites for hydroxylation is 1. The molecule has 2 aromatic rings. The monoisotopic (exact) mass is 277 g/mol. The molecule has 0 aliphatic carbocycles. The van der Waals surface area contributed by atoms with Gasteiger partial charge in [0.25, 0.3) is 0 Å². The van der Waals surface area contributed by atoms with Crippen LogP contribution in [0.3, 0.4) is 0 Å². The first-order chi connectivity index (χ1) is 9.72. The molecule has 108 valence electrons. The van der Waals surface area contributed by atoms with Crippen LogP contribution >= 0.6 is 0 Å². The Bertz CT molecular complexity index is 536. The highest BCUT2D eigenvalue weighted by Gasteiger charge is 2.12. The summed E-state index contributed by atoms with van der Waals surface area (Å²) in [6.45, 7) is 3.40. The van der Waals surface area contributed by atoms with Crippen molar-refractivity contribution in [3.63, 3.8) is 0 Å². The summed E-state index contributed by atoms with van der Waals surface area (Å²) in [5.41, 5.74) is 2.05. The standard InChI is InChI=1S/C14H19N3O3/c1-11-3-2-4-12(9-11)14-15-13(20-16-14)10-17(5-7-18)6-8-19/h2-4,9,18-19H,5-8,10H2,1H3. The van der Waals surface area contributed by atoms with E-state index in [-0.39, 0.29) is 13.2 Å². The Morgan fingerprint density at radius 2 is 1.95 bits per heavy atom. The molecular formula is C14H19N3O3. The van der Waals surface area contributed by atoms with Crippen molar-refractivity contribution < 1.29 is 14.7 Å². The fraction of sp³-hybridized carbons (Fsp3) is 0.429. The lowest BCUT2D eigenvalue weighted by molar-refractivity contribution is 0.143. The van der Waals surface area contributed by atoms with Crippen molar-refractivity contribution in [3.8, 4) is 11.4 Å². The number of aromatic nitrogens is 2. The zero-order valence-electron chi connectivity index (χ0n) is 11.5. The van der Waals surface area contributed by atoms with Gasteiger partial charge in [0.1, 0.15) is 0 Å². The maximum Gasteiger partial charge on any atom is 0.241 e. The molecule has 0 saturated carbocycles. The SMILES string of the molecule is Cc1cccc(-c2noc(CN(CCO)CCO)n2)c1. The van der Waals surface area contributed by atoms with Crippen LogP contribution in [0.2, 0.25) is 0 Å². The third kappa shape index (κ3) is 3.86. The van der Waals surface area contributed by atoms with Crippen LogP contribution in [0.4, 0.5) is 0 Å². The Balaban J connectivity index is 2.08. The predicted molar refractivity (Wildman–Crippen MR) is 73.9 cm³/mol. The number of aliphatic hydroxyl groups is 2. The molecule has 0 saturated heterocycles. The molecule has 0 aliphatic heterocycles. The van der Waals surface area contributed by atoms with Crippen molar-refractivity contribution in [1.29, 1.82) is 0 Å². The van der Waals surface area contributed by atoms with E-state index in [1.165, 1.54) is 0 Å². The lowest BCUT2D eigenvalue weighted by atomic mass is 10.1. The van der Waals surface area contributed by atoms with E-state index in [1.807, 2.05) is 36.1 Å². The molecule has 1 aromatic carbocycles. The van der Waals surface area contributed by atoms with Gasteiger partial charge in [0.2, 0.25) is 11.7 Å². The van der Waals surface area contributed by atoms with Gasteiger partial charge >= 0.3 is 0 Å². The number of rotatable bonds is 7. The molecule has 0 unspecified atom stereocenters. The molecule has 0 amide bonds. The van der Waals surface area contributed by atoms with Gasteiger partial charge in [0.15, 0.2) is 0 Å². The molecule has 1 heterocycles. The third-order valence-electron chi connectivity index (χ3n) is 2.94. The van der Waals surface area contributed by atoms with Gasteiger partial charge in [-0.2, -0.15) is 4.98 Å². The minimum atomic E-state index is 0.0267. The first-order valence-corrected chi connectivity index (χ1v) is 6.56. The van der Waals surface area contributed by atoms with Crippen LogP contribution in [-0.4, -0.2) is 51.6 Å². The van der Waals surface area contributed by atoms with Crippen molar-refractivity contribution in [1.82, 2.24) is 15.0 Å². The zero-order valence-corrected chi connectivity index (χ0v) is 11.5. The highest BCUT2D eigenvalue weighted by molar-refractivity contribution is 5.55. The van der Waals surface area contributed by atoms with Crippen LogP contribution in [0.1, 0.15) is 11.5 Å². The highest BCUT2D eigenvalue weighted by Crippen LogP contribution is 2.17. The number of nitrogens with zero attached hydrogens (tertiary/aromatic N) is 3. The number of hydrogen-bond acceptors (Lipinski definition) is 6. The minimum absolute atomic E-state index is 0.0267. The maximum absolute atomic E-state index is 8.97. The molecule has 2 N–H and O–H groups in total. The summed E-state index contributed by atoms with van der Waals surface area (Å²) < 4.78 is 5.22. The van der Waals surface area contributed by atoms with Gasteiger partial charge in [-0.15, -0.1) is 0 Å². The van der Waals surface area contributed by atoms with Gasteiger partial charge < -0.3 is 14.7 Å². The summed E-state index contributed by atoms with van der Waals surface area (Å²) in [6, 6.07) is 7.88. The average molecular weight is 277 g/mol. The van der Waals surface area contributed by atoms with Crippen molar-refractivity contribution in [2.75, 3.05) is 26.3 Å². The molecule has 0 atom stereocenters. The first kappa shape index (κ1) is 14.6. The highest BCUT2D eigenvalue weighted by atomic mass is 16.5. The van der Waals surface area contributed by atoms with Crippen LogP contribution < -0.4 is 0 Å². The van der Waals surface area contributed by atoms with Crippen molar-refractivity contribution in [2.24, 2.45) is 0 Å². The van der Waals surface area contributed by atoms with E-state index in [2.05, 4.69) is 10.1 Å². The summed E-state index contributed by atoms with van der Waals surface area (Å²) in [5.74, 6) is 1.03. The van der Waals surface area contributed by atoms with Crippen molar-refractivity contribution in [2.45, 2.75) is 13.5 Å². The largest absolute Gasteiger partial charge is 0.395 e. The number of aliphatic hydroxyl groups excluding tert-OH is 2. The second kappa shape index (κ2) is 7.14. The van der Waals surface area contributed by atoms with E-state index in [0.29, 0.717) is 31.3 Å². The van der Waals surface area contributed by atoms with E-state index in [1.54, 1.807) is 0 Å². The predicted octanol–water partition coefficient (Wildman–Crippen LogP) is 0.832. The molecule has 6 heteroatoms. The normalized spacial score (nSPS) is 11.2. The summed E-state index contributed by atoms with van der Waals surface area (Å²) in [5, 5.41) is 21.9. The Morgan fingerprint density at radius 1 is 1.20 bits per heavy atom. The third-order valence-corrected chi connectivity index (χ3v) is 2.94. The van der Waals surface area contributed by atoms with Crippen molar-refractivity contribution in [3.05, 3.63) is 35.7 Å². The van der Waals surface area contributed by atoms with Crippen LogP contribution in [-0.2, 0) is 6.54 Å². The Labute approximate surface area is 117 Å². The minimum Gasteiger partial charge on any atom is -0.395 e. The van der Waals surface area contributed by atoms with Gasteiger partial charge in [-0.25, -0.2) is 0 Å². The average Bonchev–Trinajstić information content (AvgIpc) is 2.88. The quantitative estimate of drug-likeness (QED) is 0.780. The molecular weight excluding hydrogens is 258 g/mol. The second-order valence-corrected chi connectivity index (χ2v) is 4.60. The lowest BCUT2D eigenvalue weighted by Gasteiger charge is -2.17. The molecule has 0 bridgehead atoms. The molecule has 0 aliphatic rings. The Morgan fingerprint density at radius 3 is 2.60 bits per heavy atom. The summed E-state index contributed by atoms with van der Waals surface area (Å²) >= 11 is 0. The van der Waals surface area contributed by atoms with Gasteiger partial charge in [-0.3, -0.25) is 4.90 Å². The number of benzene rings is 1. The smallest absolute Gasteiger partial charge is 0.241 e. The first-order valence-electron chi connectivity index (χ1n) is 6.56. The van der Waals surface area contributed by atoms with Crippen LogP contribution in [0, 0.1) is 6.92 Å². The molecule has 20 heavy (non-hydrogen) atoms. The summed E-state index contributed by atoms with van der Waals surface area (Å²) in [7, 11) is 0. The number of hydrogen-bond donors (Lipinski definition) is 2. The van der Waals surface area contributed by atoms with Crippen LogP contribution in [0.5, 0.6) is 0 Å². The lowest BCUT2D eigenvalue weighted by Crippen LogP contribution is -2.29. The van der Waals surface area contributed by atoms with E-state index < -0.39 is 0 Å². The van der Waals surface area contributed by atoms with E-state index in [4.69, 9.17) is 14.7 Å². The Kier molecular flexibility index (Phi) is 5.23. The molecule has 0 fully saturated rings. The van der Waals surface area contributed by atoms with Crippen molar-refractivity contribution >= 4 is 0 Å². The fourth-order valence-electron chi connectivity index (χ4n) is 1.96. The maximum atomic E-state index is 8.97. The second-order valence-electron chi connectivity index (χ2n) is 4.60. The molecule has 0 spiro atoms. The topological polar surface area (TPSA) is 82.6 Å². The van der Waals surface area contributed by atoms with Gasteiger partial charge in [0.05, 0.1) is 19.8 Å². The van der Waals surface area contributed by atoms with Gasteiger partial charge in [-0.1, -0.05) is 28.9 Å². The van der Waals surface area contributed by atoms with E-state index >= 15 is 0 Å². The van der Waals surface area contributed by atoms with E-state index in [9.17, 15) is 0 Å². The molecule has 0 radical (unpaired) electrons. The van der Waals surface area contributed by atoms with Gasteiger partial charge in [-0.05, 0) is 13.0 Å². The summed E-state index contributed by atoms with van der Waals surface area (Å²) in [6.07, 6.45) is 0. The van der Waals surface area contributed by atoms with E-state index in [0.717, 1.165) is 11.1 Å². The van der Waals surface area contributed by atoms with Crippen LogP contribution in [0.15, 0.2) is 28.8 Å².